The fraction of sp³-hybridized carbons (Fsp3) is 0.667. The van der Waals surface area contributed by atoms with Gasteiger partial charge >= 0.3 is 0 Å². The second kappa shape index (κ2) is 6.40. The Labute approximate surface area is 88.2 Å². The summed E-state index contributed by atoms with van der Waals surface area (Å²) in [7, 11) is 0. The largest absolute Gasteiger partial charge is 0.308 e. The van der Waals surface area contributed by atoms with Crippen molar-refractivity contribution < 1.29 is 0 Å². The van der Waals surface area contributed by atoms with Crippen LogP contribution in [0.1, 0.15) is 18.4 Å². The van der Waals surface area contributed by atoms with Gasteiger partial charge in [0, 0.05) is 24.2 Å². The zero-order valence-corrected chi connectivity index (χ0v) is 9.75. The molecule has 1 aromatic rings. The Hall–Kier alpha value is -0.0600. The minimum Gasteiger partial charge on any atom is -0.308 e. The molecule has 1 heterocycles. The monoisotopic (exact) mass is 216 g/mol. The summed E-state index contributed by atoms with van der Waals surface area (Å²) >= 11 is 3.61. The predicted molar refractivity (Wildman–Crippen MR) is 61.4 cm³/mol. The smallest absolute Gasteiger partial charge is 0.106 e. The van der Waals surface area contributed by atoms with Crippen molar-refractivity contribution in [2.24, 2.45) is 0 Å². The predicted octanol–water partition coefficient (Wildman–Crippen LogP) is 2.37. The van der Waals surface area contributed by atoms with Gasteiger partial charge in [-0.05, 0) is 25.4 Å². The fourth-order valence-corrected chi connectivity index (χ4v) is 2.15. The zero-order valence-electron chi connectivity index (χ0n) is 8.12. The Morgan fingerprint density at radius 2 is 2.54 bits per heavy atom. The van der Waals surface area contributed by atoms with E-state index in [2.05, 4.69) is 23.5 Å². The quantitative estimate of drug-likeness (QED) is 0.790. The second-order valence-corrected chi connectivity index (χ2v) is 4.95. The van der Waals surface area contributed by atoms with Crippen molar-refractivity contribution >= 4 is 23.1 Å². The molecule has 0 fully saturated rings. The van der Waals surface area contributed by atoms with Gasteiger partial charge in [0.05, 0.1) is 0 Å². The molecule has 0 saturated carbocycles. The lowest BCUT2D eigenvalue weighted by molar-refractivity contribution is 0.536. The number of thiazole rings is 1. The van der Waals surface area contributed by atoms with Gasteiger partial charge in [-0.25, -0.2) is 4.98 Å². The van der Waals surface area contributed by atoms with Crippen LogP contribution in [-0.4, -0.2) is 23.0 Å². The van der Waals surface area contributed by atoms with Crippen LogP contribution in [0, 0.1) is 0 Å². The van der Waals surface area contributed by atoms with Crippen molar-refractivity contribution in [3.8, 4) is 0 Å². The van der Waals surface area contributed by atoms with E-state index in [9.17, 15) is 0 Å². The van der Waals surface area contributed by atoms with E-state index < -0.39 is 0 Å². The molecule has 0 aromatic carbocycles. The van der Waals surface area contributed by atoms with E-state index in [0.717, 1.165) is 6.54 Å². The number of nitrogens with one attached hydrogen (secondary N) is 1. The fourth-order valence-electron chi connectivity index (χ4n) is 0.999. The van der Waals surface area contributed by atoms with Crippen molar-refractivity contribution in [1.29, 1.82) is 0 Å². The summed E-state index contributed by atoms with van der Waals surface area (Å²) in [6.07, 6.45) is 5.23. The minimum atomic E-state index is 0.594. The molecule has 1 unspecified atom stereocenters. The van der Waals surface area contributed by atoms with E-state index in [4.69, 9.17) is 0 Å². The molecule has 1 atom stereocenters. The maximum absolute atomic E-state index is 4.22. The van der Waals surface area contributed by atoms with E-state index in [1.54, 1.807) is 11.3 Å². The van der Waals surface area contributed by atoms with E-state index in [1.807, 2.05) is 23.3 Å². The van der Waals surface area contributed by atoms with Crippen molar-refractivity contribution in [2.45, 2.75) is 25.9 Å². The van der Waals surface area contributed by atoms with Crippen LogP contribution >= 0.6 is 23.1 Å². The average Bonchev–Trinajstić information content (AvgIpc) is 2.64. The Kier molecular flexibility index (Phi) is 5.43. The Morgan fingerprint density at radius 1 is 1.69 bits per heavy atom. The van der Waals surface area contributed by atoms with Gasteiger partial charge in [0.1, 0.15) is 5.01 Å². The van der Waals surface area contributed by atoms with Gasteiger partial charge in [0.2, 0.25) is 0 Å². The Bertz CT molecular complexity index is 211. The molecule has 0 aliphatic heterocycles. The first-order valence-electron chi connectivity index (χ1n) is 4.43. The molecule has 0 bridgehead atoms. The molecule has 0 saturated heterocycles. The highest BCUT2D eigenvalue weighted by molar-refractivity contribution is 7.98. The third-order valence-corrected chi connectivity index (χ3v) is 3.26. The highest BCUT2D eigenvalue weighted by Crippen LogP contribution is 2.05. The van der Waals surface area contributed by atoms with Crippen molar-refractivity contribution in [1.82, 2.24) is 10.3 Å². The van der Waals surface area contributed by atoms with Gasteiger partial charge in [0.15, 0.2) is 0 Å². The highest BCUT2D eigenvalue weighted by Gasteiger charge is 2.01. The maximum Gasteiger partial charge on any atom is 0.106 e. The summed E-state index contributed by atoms with van der Waals surface area (Å²) in [4.78, 5) is 4.22. The number of hydrogen-bond donors (Lipinski definition) is 1. The van der Waals surface area contributed by atoms with Crippen molar-refractivity contribution in [3.05, 3.63) is 16.6 Å². The first-order chi connectivity index (χ1) is 6.33. The summed E-state index contributed by atoms with van der Waals surface area (Å²) in [6, 6.07) is 0.594. The van der Waals surface area contributed by atoms with Crippen molar-refractivity contribution in [2.75, 3.05) is 12.0 Å². The number of rotatable bonds is 6. The summed E-state index contributed by atoms with van der Waals surface area (Å²) in [5.41, 5.74) is 0. The van der Waals surface area contributed by atoms with Crippen LogP contribution in [0.15, 0.2) is 11.6 Å². The SMILES string of the molecule is CSCCC(C)NCc1nccs1. The van der Waals surface area contributed by atoms with Crippen molar-refractivity contribution in [3.63, 3.8) is 0 Å². The van der Waals surface area contributed by atoms with Gasteiger partial charge in [-0.2, -0.15) is 11.8 Å². The van der Waals surface area contributed by atoms with Crippen LogP contribution in [0.3, 0.4) is 0 Å². The van der Waals surface area contributed by atoms with Crippen LogP contribution in [0.5, 0.6) is 0 Å². The van der Waals surface area contributed by atoms with E-state index in [0.29, 0.717) is 6.04 Å². The molecule has 1 N–H and O–H groups in total. The minimum absolute atomic E-state index is 0.594. The lowest BCUT2D eigenvalue weighted by Gasteiger charge is -2.11. The Morgan fingerprint density at radius 3 is 3.15 bits per heavy atom. The first kappa shape index (κ1) is 11.0. The summed E-state index contributed by atoms with van der Waals surface area (Å²) in [6.45, 7) is 3.14. The zero-order chi connectivity index (χ0) is 9.52. The second-order valence-electron chi connectivity index (χ2n) is 2.99. The molecule has 0 spiro atoms. The van der Waals surface area contributed by atoms with Crippen LogP contribution in [-0.2, 0) is 6.54 Å². The molecule has 2 nitrogen and oxygen atoms in total. The van der Waals surface area contributed by atoms with Crippen LogP contribution in [0.25, 0.3) is 0 Å². The third kappa shape index (κ3) is 4.64. The van der Waals surface area contributed by atoms with Gasteiger partial charge in [-0.1, -0.05) is 0 Å². The molecular formula is C9H16N2S2. The Balaban J connectivity index is 2.11. The van der Waals surface area contributed by atoms with Gasteiger partial charge in [-0.3, -0.25) is 0 Å². The standard InChI is InChI=1S/C9H16N2S2/c1-8(3-5-12-2)11-7-9-10-4-6-13-9/h4,6,8,11H,3,5,7H2,1-2H3. The van der Waals surface area contributed by atoms with Gasteiger partial charge in [0.25, 0.3) is 0 Å². The van der Waals surface area contributed by atoms with Gasteiger partial charge < -0.3 is 5.32 Å². The van der Waals surface area contributed by atoms with E-state index in [1.165, 1.54) is 17.2 Å². The molecule has 1 aromatic heterocycles. The molecule has 0 radical (unpaired) electrons. The van der Waals surface area contributed by atoms with Crippen LogP contribution in [0.2, 0.25) is 0 Å². The van der Waals surface area contributed by atoms with Crippen LogP contribution in [0.4, 0.5) is 0 Å². The highest BCUT2D eigenvalue weighted by atomic mass is 32.2. The molecule has 0 aliphatic rings. The molecule has 0 aliphatic carbocycles. The molecule has 4 heteroatoms. The topological polar surface area (TPSA) is 24.9 Å². The summed E-state index contributed by atoms with van der Waals surface area (Å²) in [5.74, 6) is 1.23. The lowest BCUT2D eigenvalue weighted by Crippen LogP contribution is -2.25. The number of thioether (sulfide) groups is 1. The summed E-state index contributed by atoms with van der Waals surface area (Å²) in [5, 5.41) is 6.65. The van der Waals surface area contributed by atoms with E-state index in [-0.39, 0.29) is 0 Å². The number of hydrogen-bond acceptors (Lipinski definition) is 4. The molecule has 0 amide bonds. The summed E-state index contributed by atoms with van der Waals surface area (Å²) < 4.78 is 0. The number of nitrogens with zero attached hydrogens (tertiary/aromatic N) is 1. The molecule has 13 heavy (non-hydrogen) atoms. The molecular weight excluding hydrogens is 200 g/mol. The van der Waals surface area contributed by atoms with Crippen LogP contribution < -0.4 is 5.32 Å². The molecule has 74 valence electrons. The van der Waals surface area contributed by atoms with Gasteiger partial charge in [-0.15, -0.1) is 11.3 Å². The molecule has 1 rings (SSSR count). The van der Waals surface area contributed by atoms with E-state index >= 15 is 0 Å². The third-order valence-electron chi connectivity index (χ3n) is 1.84. The first-order valence-corrected chi connectivity index (χ1v) is 6.71. The normalized spacial score (nSPS) is 13.1. The maximum atomic E-state index is 4.22. The number of aromatic nitrogens is 1. The lowest BCUT2D eigenvalue weighted by atomic mass is 10.2. The average molecular weight is 216 g/mol.